The fourth-order valence-electron chi connectivity index (χ4n) is 1.62. The highest BCUT2D eigenvalue weighted by Gasteiger charge is 2.13. The van der Waals surface area contributed by atoms with Crippen LogP contribution in [0.2, 0.25) is 0 Å². The highest BCUT2D eigenvalue weighted by atomic mass is 32.1. The Labute approximate surface area is 82.6 Å². The molecule has 0 aliphatic carbocycles. The summed E-state index contributed by atoms with van der Waals surface area (Å²) in [5.41, 5.74) is 6.54. The van der Waals surface area contributed by atoms with Gasteiger partial charge in [0.2, 0.25) is 0 Å². The molecule has 0 unspecified atom stereocenters. The van der Waals surface area contributed by atoms with Crippen LogP contribution < -0.4 is 10.6 Å². The second-order valence-electron chi connectivity index (χ2n) is 3.37. The van der Waals surface area contributed by atoms with Gasteiger partial charge in [-0.25, -0.2) is 4.98 Å². The highest BCUT2D eigenvalue weighted by molar-refractivity contribution is 7.13. The molecule has 72 valence electrons. The molecule has 2 rings (SSSR count). The van der Waals surface area contributed by atoms with Crippen molar-refractivity contribution >= 4 is 16.5 Å². The molecule has 0 amide bonds. The minimum Gasteiger partial charge on any atom is -0.348 e. The van der Waals surface area contributed by atoms with Crippen molar-refractivity contribution in [3.05, 3.63) is 11.1 Å². The van der Waals surface area contributed by atoms with E-state index in [0.29, 0.717) is 6.54 Å². The minimum absolute atomic E-state index is 0.560. The lowest BCUT2D eigenvalue weighted by Crippen LogP contribution is -2.29. The SMILES string of the molecule is NCc1csc(N2CCCCC2)n1. The third kappa shape index (κ3) is 2.00. The van der Waals surface area contributed by atoms with Gasteiger partial charge < -0.3 is 10.6 Å². The first-order valence-corrected chi connectivity index (χ1v) is 5.67. The Bertz CT molecular complexity index is 266. The zero-order chi connectivity index (χ0) is 9.10. The van der Waals surface area contributed by atoms with Gasteiger partial charge in [0.15, 0.2) is 5.13 Å². The summed E-state index contributed by atoms with van der Waals surface area (Å²) >= 11 is 1.72. The quantitative estimate of drug-likeness (QED) is 0.783. The first-order valence-electron chi connectivity index (χ1n) is 4.79. The normalized spacial score (nSPS) is 17.8. The molecule has 2 N–H and O–H groups in total. The Morgan fingerprint density at radius 3 is 2.77 bits per heavy atom. The van der Waals surface area contributed by atoms with E-state index in [1.807, 2.05) is 0 Å². The van der Waals surface area contributed by atoms with Gasteiger partial charge in [0, 0.05) is 25.0 Å². The zero-order valence-corrected chi connectivity index (χ0v) is 8.52. The molecule has 0 aromatic carbocycles. The fourth-order valence-corrected chi connectivity index (χ4v) is 2.51. The van der Waals surface area contributed by atoms with Crippen molar-refractivity contribution in [3.63, 3.8) is 0 Å². The monoisotopic (exact) mass is 197 g/mol. The molecule has 13 heavy (non-hydrogen) atoms. The summed E-state index contributed by atoms with van der Waals surface area (Å²) in [7, 11) is 0. The number of anilines is 1. The maximum absolute atomic E-state index is 5.52. The summed E-state index contributed by atoms with van der Waals surface area (Å²) in [5, 5.41) is 3.21. The van der Waals surface area contributed by atoms with Crippen LogP contribution in [0.5, 0.6) is 0 Å². The van der Waals surface area contributed by atoms with Gasteiger partial charge in [-0.1, -0.05) is 0 Å². The van der Waals surface area contributed by atoms with Crippen LogP contribution in [0.3, 0.4) is 0 Å². The van der Waals surface area contributed by atoms with E-state index in [0.717, 1.165) is 23.9 Å². The van der Waals surface area contributed by atoms with E-state index in [2.05, 4.69) is 15.3 Å². The summed E-state index contributed by atoms with van der Waals surface area (Å²) < 4.78 is 0. The van der Waals surface area contributed by atoms with Crippen molar-refractivity contribution in [2.75, 3.05) is 18.0 Å². The van der Waals surface area contributed by atoms with Crippen molar-refractivity contribution in [2.24, 2.45) is 5.73 Å². The Morgan fingerprint density at radius 2 is 2.15 bits per heavy atom. The van der Waals surface area contributed by atoms with Gasteiger partial charge >= 0.3 is 0 Å². The molecule has 0 atom stereocenters. The van der Waals surface area contributed by atoms with Crippen LogP contribution in [0.25, 0.3) is 0 Å². The smallest absolute Gasteiger partial charge is 0.185 e. The van der Waals surface area contributed by atoms with Crippen molar-refractivity contribution in [3.8, 4) is 0 Å². The lowest BCUT2D eigenvalue weighted by atomic mass is 10.1. The predicted molar refractivity (Wildman–Crippen MR) is 56.1 cm³/mol. The fraction of sp³-hybridized carbons (Fsp3) is 0.667. The van der Waals surface area contributed by atoms with Crippen LogP contribution in [0, 0.1) is 0 Å². The van der Waals surface area contributed by atoms with Crippen molar-refractivity contribution in [1.82, 2.24) is 4.98 Å². The van der Waals surface area contributed by atoms with Gasteiger partial charge in [-0.2, -0.15) is 0 Å². The summed E-state index contributed by atoms with van der Waals surface area (Å²) in [5.74, 6) is 0. The zero-order valence-electron chi connectivity index (χ0n) is 7.70. The molecule has 1 aliphatic rings. The highest BCUT2D eigenvalue weighted by Crippen LogP contribution is 2.23. The molecule has 4 heteroatoms. The number of nitrogens with zero attached hydrogens (tertiary/aromatic N) is 2. The van der Waals surface area contributed by atoms with Crippen LogP contribution in [0.1, 0.15) is 25.0 Å². The number of aromatic nitrogens is 1. The Balaban J connectivity index is 2.05. The summed E-state index contributed by atoms with van der Waals surface area (Å²) in [6, 6.07) is 0. The lowest BCUT2D eigenvalue weighted by molar-refractivity contribution is 0.576. The molecule has 0 bridgehead atoms. The minimum atomic E-state index is 0.560. The molecule has 1 aromatic rings. The Morgan fingerprint density at radius 1 is 1.38 bits per heavy atom. The maximum Gasteiger partial charge on any atom is 0.185 e. The molecule has 1 aromatic heterocycles. The average molecular weight is 197 g/mol. The molecule has 0 spiro atoms. The van der Waals surface area contributed by atoms with Gasteiger partial charge in [-0.3, -0.25) is 0 Å². The molecular weight excluding hydrogens is 182 g/mol. The van der Waals surface area contributed by atoms with Gasteiger partial charge in [-0.15, -0.1) is 11.3 Å². The summed E-state index contributed by atoms with van der Waals surface area (Å²) in [6.07, 6.45) is 3.97. The van der Waals surface area contributed by atoms with Crippen LogP contribution in [-0.2, 0) is 6.54 Å². The Hall–Kier alpha value is -0.610. The summed E-state index contributed by atoms with van der Waals surface area (Å²) in [4.78, 5) is 6.84. The molecule has 1 saturated heterocycles. The van der Waals surface area contributed by atoms with Crippen molar-refractivity contribution < 1.29 is 0 Å². The molecular formula is C9H15N3S. The van der Waals surface area contributed by atoms with Crippen LogP contribution in [-0.4, -0.2) is 18.1 Å². The second kappa shape index (κ2) is 4.07. The maximum atomic E-state index is 5.52. The number of hydrogen-bond donors (Lipinski definition) is 1. The molecule has 3 nitrogen and oxygen atoms in total. The van der Waals surface area contributed by atoms with Crippen molar-refractivity contribution in [2.45, 2.75) is 25.8 Å². The van der Waals surface area contributed by atoms with E-state index < -0.39 is 0 Å². The molecule has 1 aliphatic heterocycles. The molecule has 2 heterocycles. The topological polar surface area (TPSA) is 42.1 Å². The number of nitrogens with two attached hydrogens (primary N) is 1. The van der Waals surface area contributed by atoms with Gasteiger partial charge in [0.05, 0.1) is 5.69 Å². The molecule has 1 fully saturated rings. The van der Waals surface area contributed by atoms with Gasteiger partial charge in [0.1, 0.15) is 0 Å². The molecule has 0 radical (unpaired) electrons. The van der Waals surface area contributed by atoms with Crippen LogP contribution >= 0.6 is 11.3 Å². The van der Waals surface area contributed by atoms with Gasteiger partial charge in [-0.05, 0) is 19.3 Å². The number of hydrogen-bond acceptors (Lipinski definition) is 4. The first-order chi connectivity index (χ1) is 6.40. The largest absolute Gasteiger partial charge is 0.348 e. The average Bonchev–Trinajstić information content (AvgIpc) is 2.67. The van der Waals surface area contributed by atoms with Crippen LogP contribution in [0.4, 0.5) is 5.13 Å². The number of piperidine rings is 1. The third-order valence-corrected chi connectivity index (χ3v) is 3.33. The van der Waals surface area contributed by atoms with Crippen molar-refractivity contribution in [1.29, 1.82) is 0 Å². The third-order valence-electron chi connectivity index (χ3n) is 2.38. The van der Waals surface area contributed by atoms with Crippen LogP contribution in [0.15, 0.2) is 5.38 Å². The second-order valence-corrected chi connectivity index (χ2v) is 4.21. The van der Waals surface area contributed by atoms with E-state index in [1.54, 1.807) is 11.3 Å². The predicted octanol–water partition coefficient (Wildman–Crippen LogP) is 1.59. The first kappa shape index (κ1) is 8.97. The number of thiazole rings is 1. The van der Waals surface area contributed by atoms with E-state index in [1.165, 1.54) is 19.3 Å². The number of rotatable bonds is 2. The van der Waals surface area contributed by atoms with E-state index in [-0.39, 0.29) is 0 Å². The standard InChI is InChI=1S/C9H15N3S/c10-6-8-7-13-9(11-8)12-4-2-1-3-5-12/h7H,1-6,10H2. The van der Waals surface area contributed by atoms with Gasteiger partial charge in [0.25, 0.3) is 0 Å². The Kier molecular flexibility index (Phi) is 2.80. The summed E-state index contributed by atoms with van der Waals surface area (Å²) in [6.45, 7) is 2.89. The van der Waals surface area contributed by atoms with E-state index in [4.69, 9.17) is 5.73 Å². The van der Waals surface area contributed by atoms with E-state index in [9.17, 15) is 0 Å². The van der Waals surface area contributed by atoms with E-state index >= 15 is 0 Å². The lowest BCUT2D eigenvalue weighted by Gasteiger charge is -2.25. The molecule has 0 saturated carbocycles.